The van der Waals surface area contributed by atoms with Crippen molar-refractivity contribution < 1.29 is 4.74 Å². The van der Waals surface area contributed by atoms with E-state index in [1.165, 1.54) is 0 Å². The monoisotopic (exact) mass is 183 g/mol. The van der Waals surface area contributed by atoms with E-state index >= 15 is 0 Å². The Morgan fingerprint density at radius 3 is 3.15 bits per heavy atom. The highest BCUT2D eigenvalue weighted by atomic mass is 16.5. The van der Waals surface area contributed by atoms with Gasteiger partial charge in [0.2, 0.25) is 0 Å². The van der Waals surface area contributed by atoms with Crippen molar-refractivity contribution in [3.8, 4) is 0 Å². The minimum atomic E-state index is 0.756. The minimum absolute atomic E-state index is 0.756. The zero-order chi connectivity index (χ0) is 9.52. The molecule has 0 spiro atoms. The van der Waals surface area contributed by atoms with Gasteiger partial charge >= 0.3 is 0 Å². The van der Waals surface area contributed by atoms with E-state index in [0.29, 0.717) is 0 Å². The third kappa shape index (κ3) is 3.57. The van der Waals surface area contributed by atoms with E-state index < -0.39 is 0 Å². The summed E-state index contributed by atoms with van der Waals surface area (Å²) in [7, 11) is 1.92. The van der Waals surface area contributed by atoms with Crippen LogP contribution in [0.25, 0.3) is 0 Å². The molecule has 1 aromatic heterocycles. The van der Waals surface area contributed by atoms with Gasteiger partial charge in [-0.15, -0.1) is 0 Å². The van der Waals surface area contributed by atoms with Crippen molar-refractivity contribution in [1.82, 2.24) is 14.9 Å². The van der Waals surface area contributed by atoms with Crippen LogP contribution in [0.3, 0.4) is 0 Å². The number of nitrogens with zero attached hydrogens (tertiary/aromatic N) is 2. The molecule has 0 fully saturated rings. The highest BCUT2D eigenvalue weighted by molar-refractivity contribution is 4.95. The van der Waals surface area contributed by atoms with Gasteiger partial charge in [0.1, 0.15) is 0 Å². The molecule has 0 aliphatic carbocycles. The molecule has 0 aliphatic rings. The summed E-state index contributed by atoms with van der Waals surface area (Å²) in [5.41, 5.74) is 1.07. The van der Waals surface area contributed by atoms with Gasteiger partial charge in [-0.3, -0.25) is 0 Å². The average Bonchev–Trinajstić information content (AvgIpc) is 2.54. The number of aromatic nitrogens is 2. The number of ether oxygens (including phenoxy) is 1. The predicted octanol–water partition coefficient (Wildman–Crippen LogP) is 0.639. The highest BCUT2D eigenvalue weighted by Gasteiger charge is 1.96. The van der Waals surface area contributed by atoms with E-state index in [0.717, 1.165) is 32.0 Å². The fourth-order valence-corrected chi connectivity index (χ4v) is 1.12. The van der Waals surface area contributed by atoms with Crippen LogP contribution in [0, 0.1) is 0 Å². The maximum atomic E-state index is 5.24. The Morgan fingerprint density at radius 1 is 1.62 bits per heavy atom. The van der Waals surface area contributed by atoms with Gasteiger partial charge in [0.25, 0.3) is 0 Å². The molecule has 74 valence electrons. The second-order valence-electron chi connectivity index (χ2n) is 2.83. The van der Waals surface area contributed by atoms with E-state index in [2.05, 4.69) is 10.3 Å². The fraction of sp³-hybridized carbons (Fsp3) is 0.667. The Labute approximate surface area is 78.9 Å². The number of hydrogen-bond acceptors (Lipinski definition) is 3. The fourth-order valence-electron chi connectivity index (χ4n) is 1.12. The first-order valence-corrected chi connectivity index (χ1v) is 4.59. The quantitative estimate of drug-likeness (QED) is 0.658. The molecule has 0 saturated carbocycles. The van der Waals surface area contributed by atoms with Crippen molar-refractivity contribution in [2.45, 2.75) is 20.0 Å². The summed E-state index contributed by atoms with van der Waals surface area (Å²) in [5, 5.41) is 3.06. The van der Waals surface area contributed by atoms with Gasteiger partial charge in [-0.2, -0.15) is 0 Å². The Hall–Kier alpha value is -0.870. The molecule has 0 bridgehead atoms. The number of imidazole rings is 1. The molecule has 1 N–H and O–H groups in total. The van der Waals surface area contributed by atoms with Crippen molar-refractivity contribution in [2.75, 3.05) is 20.3 Å². The van der Waals surface area contributed by atoms with Crippen LogP contribution in [-0.4, -0.2) is 29.8 Å². The lowest BCUT2D eigenvalue weighted by atomic mass is 10.5. The van der Waals surface area contributed by atoms with Gasteiger partial charge in [0, 0.05) is 25.9 Å². The van der Waals surface area contributed by atoms with Gasteiger partial charge < -0.3 is 14.6 Å². The van der Waals surface area contributed by atoms with Crippen LogP contribution < -0.4 is 5.32 Å². The van der Waals surface area contributed by atoms with Gasteiger partial charge in [-0.05, 0) is 14.0 Å². The van der Waals surface area contributed by atoms with Crippen molar-refractivity contribution >= 4 is 0 Å². The Balaban J connectivity index is 2.31. The van der Waals surface area contributed by atoms with Crippen molar-refractivity contribution in [2.24, 2.45) is 0 Å². The van der Waals surface area contributed by atoms with Crippen molar-refractivity contribution in [1.29, 1.82) is 0 Å². The molecule has 4 nitrogen and oxygen atoms in total. The molecule has 0 atom stereocenters. The van der Waals surface area contributed by atoms with Crippen molar-refractivity contribution in [3.05, 3.63) is 18.2 Å². The third-order valence-corrected chi connectivity index (χ3v) is 1.74. The van der Waals surface area contributed by atoms with Crippen LogP contribution in [0.15, 0.2) is 12.5 Å². The van der Waals surface area contributed by atoms with Crippen LogP contribution in [0.2, 0.25) is 0 Å². The SMILES string of the molecule is CCOCCn1cnc(CNC)c1. The number of nitrogens with one attached hydrogen (secondary N) is 1. The summed E-state index contributed by atoms with van der Waals surface area (Å²) in [6.07, 6.45) is 3.88. The van der Waals surface area contributed by atoms with E-state index in [1.807, 2.05) is 31.1 Å². The first-order chi connectivity index (χ1) is 6.36. The average molecular weight is 183 g/mol. The van der Waals surface area contributed by atoms with E-state index in [-0.39, 0.29) is 0 Å². The zero-order valence-electron chi connectivity index (χ0n) is 8.29. The molecular weight excluding hydrogens is 166 g/mol. The smallest absolute Gasteiger partial charge is 0.0950 e. The van der Waals surface area contributed by atoms with E-state index in [1.54, 1.807) is 0 Å². The number of rotatable bonds is 6. The Kier molecular flexibility index (Phi) is 4.49. The third-order valence-electron chi connectivity index (χ3n) is 1.74. The molecule has 1 aromatic rings. The summed E-state index contributed by atoms with van der Waals surface area (Å²) < 4.78 is 7.29. The molecule has 0 saturated heterocycles. The molecule has 1 heterocycles. The van der Waals surface area contributed by atoms with Gasteiger partial charge in [0.05, 0.1) is 18.6 Å². The van der Waals surface area contributed by atoms with E-state index in [9.17, 15) is 0 Å². The molecule has 0 aliphatic heterocycles. The maximum absolute atomic E-state index is 5.24. The lowest BCUT2D eigenvalue weighted by Crippen LogP contribution is -2.06. The topological polar surface area (TPSA) is 39.1 Å². The predicted molar refractivity (Wildman–Crippen MR) is 51.5 cm³/mol. The molecule has 1 rings (SSSR count). The van der Waals surface area contributed by atoms with Gasteiger partial charge in [0.15, 0.2) is 0 Å². The van der Waals surface area contributed by atoms with Gasteiger partial charge in [-0.1, -0.05) is 0 Å². The minimum Gasteiger partial charge on any atom is -0.380 e. The summed E-state index contributed by atoms with van der Waals surface area (Å²) in [4.78, 5) is 4.23. The molecule has 0 amide bonds. The van der Waals surface area contributed by atoms with Crippen LogP contribution in [0.4, 0.5) is 0 Å². The molecule has 0 aromatic carbocycles. The first kappa shape index (κ1) is 10.2. The maximum Gasteiger partial charge on any atom is 0.0950 e. The lowest BCUT2D eigenvalue weighted by molar-refractivity contribution is 0.139. The van der Waals surface area contributed by atoms with Crippen molar-refractivity contribution in [3.63, 3.8) is 0 Å². The normalized spacial score (nSPS) is 10.6. The standard InChI is InChI=1S/C9H17N3O/c1-3-13-5-4-12-7-9(6-10-2)11-8-12/h7-8,10H,3-6H2,1-2H3. The second-order valence-corrected chi connectivity index (χ2v) is 2.83. The summed E-state index contributed by atoms with van der Waals surface area (Å²) >= 11 is 0. The molecule has 4 heteroatoms. The summed E-state index contributed by atoms with van der Waals surface area (Å²) in [6, 6.07) is 0. The summed E-state index contributed by atoms with van der Waals surface area (Å²) in [5.74, 6) is 0. The summed E-state index contributed by atoms with van der Waals surface area (Å²) in [6.45, 7) is 5.23. The molecule has 0 radical (unpaired) electrons. The van der Waals surface area contributed by atoms with E-state index in [4.69, 9.17) is 4.74 Å². The Bertz CT molecular complexity index is 235. The highest BCUT2D eigenvalue weighted by Crippen LogP contribution is 1.95. The van der Waals surface area contributed by atoms with Crippen LogP contribution in [0.1, 0.15) is 12.6 Å². The number of hydrogen-bond donors (Lipinski definition) is 1. The van der Waals surface area contributed by atoms with Crippen LogP contribution >= 0.6 is 0 Å². The molecule has 0 unspecified atom stereocenters. The Morgan fingerprint density at radius 2 is 2.46 bits per heavy atom. The second kappa shape index (κ2) is 5.72. The molecule has 13 heavy (non-hydrogen) atoms. The van der Waals surface area contributed by atoms with Gasteiger partial charge in [-0.25, -0.2) is 4.98 Å². The zero-order valence-corrected chi connectivity index (χ0v) is 8.29. The van der Waals surface area contributed by atoms with Crippen LogP contribution in [0.5, 0.6) is 0 Å². The largest absolute Gasteiger partial charge is 0.380 e. The molecular formula is C9H17N3O. The first-order valence-electron chi connectivity index (χ1n) is 4.59. The van der Waals surface area contributed by atoms with Crippen LogP contribution in [-0.2, 0) is 17.8 Å². The lowest BCUT2D eigenvalue weighted by Gasteiger charge is -2.01.